The summed E-state index contributed by atoms with van der Waals surface area (Å²) in [6, 6.07) is 11.3. The Hall–Kier alpha value is -3.55. The molecule has 0 radical (unpaired) electrons. The van der Waals surface area contributed by atoms with Gasteiger partial charge in [0.15, 0.2) is 0 Å². The summed E-state index contributed by atoms with van der Waals surface area (Å²) in [6.07, 6.45) is 0.382. The number of nitrogens with one attached hydrogen (secondary N) is 1. The van der Waals surface area contributed by atoms with E-state index in [1.807, 2.05) is 0 Å². The Kier molecular flexibility index (Phi) is 4.15. The SMILES string of the molecule is CCn1c(=O)c(=O)[nH]c2cc(-c3noc(Cc4ccc(F)cc4)n3)ccc21. The van der Waals surface area contributed by atoms with Crippen LogP contribution in [0.2, 0.25) is 0 Å². The van der Waals surface area contributed by atoms with E-state index in [4.69, 9.17) is 4.52 Å². The van der Waals surface area contributed by atoms with Crippen molar-refractivity contribution in [1.82, 2.24) is 19.7 Å². The number of nitrogens with zero attached hydrogens (tertiary/aromatic N) is 3. The molecule has 1 N–H and O–H groups in total. The molecule has 7 nitrogen and oxygen atoms in total. The van der Waals surface area contributed by atoms with E-state index in [9.17, 15) is 14.0 Å². The number of hydrogen-bond acceptors (Lipinski definition) is 5. The highest BCUT2D eigenvalue weighted by molar-refractivity contribution is 5.80. The molecule has 2 heterocycles. The Morgan fingerprint density at radius 1 is 1.15 bits per heavy atom. The lowest BCUT2D eigenvalue weighted by atomic mass is 10.1. The molecule has 0 atom stereocenters. The maximum atomic E-state index is 13.0. The fourth-order valence-corrected chi connectivity index (χ4v) is 2.95. The Labute approximate surface area is 152 Å². The molecule has 4 rings (SSSR count). The molecule has 136 valence electrons. The van der Waals surface area contributed by atoms with Gasteiger partial charge in [-0.3, -0.25) is 9.59 Å². The molecule has 0 saturated carbocycles. The number of benzene rings is 2. The van der Waals surface area contributed by atoms with Crippen LogP contribution in [-0.2, 0) is 13.0 Å². The normalized spacial score (nSPS) is 11.2. The highest BCUT2D eigenvalue weighted by atomic mass is 19.1. The van der Waals surface area contributed by atoms with Crippen molar-refractivity contribution in [2.45, 2.75) is 19.9 Å². The molecule has 0 fully saturated rings. The third-order valence-electron chi connectivity index (χ3n) is 4.29. The van der Waals surface area contributed by atoms with Crippen LogP contribution in [-0.4, -0.2) is 19.7 Å². The van der Waals surface area contributed by atoms with Crippen LogP contribution in [0.25, 0.3) is 22.4 Å². The molecule has 8 heteroatoms. The molecular formula is C19H15FN4O3. The van der Waals surface area contributed by atoms with Crippen LogP contribution in [0.4, 0.5) is 4.39 Å². The number of aryl methyl sites for hydroxylation is 1. The van der Waals surface area contributed by atoms with E-state index in [1.165, 1.54) is 16.7 Å². The third-order valence-corrected chi connectivity index (χ3v) is 4.29. The zero-order valence-electron chi connectivity index (χ0n) is 14.4. The summed E-state index contributed by atoms with van der Waals surface area (Å²) in [4.78, 5) is 30.7. The Morgan fingerprint density at radius 3 is 2.67 bits per heavy atom. The van der Waals surface area contributed by atoms with Crippen LogP contribution >= 0.6 is 0 Å². The van der Waals surface area contributed by atoms with E-state index in [2.05, 4.69) is 15.1 Å². The number of halogens is 1. The zero-order valence-corrected chi connectivity index (χ0v) is 14.4. The van der Waals surface area contributed by atoms with Crippen molar-refractivity contribution in [2.75, 3.05) is 0 Å². The van der Waals surface area contributed by atoms with Gasteiger partial charge in [0.2, 0.25) is 11.7 Å². The van der Waals surface area contributed by atoms with Crippen molar-refractivity contribution in [3.8, 4) is 11.4 Å². The maximum Gasteiger partial charge on any atom is 0.316 e. The van der Waals surface area contributed by atoms with Crippen LogP contribution < -0.4 is 11.1 Å². The first kappa shape index (κ1) is 16.9. The number of aromatic nitrogens is 4. The molecule has 0 spiro atoms. The van der Waals surface area contributed by atoms with Crippen molar-refractivity contribution in [3.05, 3.63) is 80.4 Å². The predicted octanol–water partition coefficient (Wildman–Crippen LogP) is 2.49. The first-order valence-electron chi connectivity index (χ1n) is 8.39. The molecule has 0 aliphatic carbocycles. The first-order valence-corrected chi connectivity index (χ1v) is 8.39. The van der Waals surface area contributed by atoms with Gasteiger partial charge in [-0.15, -0.1) is 0 Å². The lowest BCUT2D eigenvalue weighted by Gasteiger charge is -2.07. The van der Waals surface area contributed by atoms with Gasteiger partial charge in [0.25, 0.3) is 0 Å². The van der Waals surface area contributed by atoms with E-state index >= 15 is 0 Å². The van der Waals surface area contributed by atoms with E-state index in [1.54, 1.807) is 37.3 Å². The number of aromatic amines is 1. The summed E-state index contributed by atoms with van der Waals surface area (Å²) in [6.45, 7) is 2.19. The molecule has 0 amide bonds. The minimum Gasteiger partial charge on any atom is -0.339 e. The molecule has 0 aliphatic rings. The molecular weight excluding hydrogens is 351 g/mol. The average molecular weight is 366 g/mol. The van der Waals surface area contributed by atoms with Gasteiger partial charge in [0.05, 0.1) is 17.5 Å². The molecule has 4 aromatic rings. The second kappa shape index (κ2) is 6.64. The van der Waals surface area contributed by atoms with Crippen molar-refractivity contribution in [1.29, 1.82) is 0 Å². The molecule has 0 bridgehead atoms. The van der Waals surface area contributed by atoms with E-state index in [0.29, 0.717) is 41.3 Å². The summed E-state index contributed by atoms with van der Waals surface area (Å²) in [7, 11) is 0. The fourth-order valence-electron chi connectivity index (χ4n) is 2.95. The third kappa shape index (κ3) is 3.17. The Morgan fingerprint density at radius 2 is 1.93 bits per heavy atom. The monoisotopic (exact) mass is 366 g/mol. The Balaban J connectivity index is 1.69. The van der Waals surface area contributed by atoms with Gasteiger partial charge >= 0.3 is 11.1 Å². The standard InChI is InChI=1S/C19H15FN4O3/c1-2-24-15-8-5-12(10-14(15)21-18(25)19(24)26)17-22-16(27-23-17)9-11-3-6-13(20)7-4-11/h3-8,10H,2,9H2,1H3,(H,21,25). The van der Waals surface area contributed by atoms with Crippen LogP contribution in [0, 0.1) is 5.82 Å². The van der Waals surface area contributed by atoms with Gasteiger partial charge in [-0.25, -0.2) is 4.39 Å². The van der Waals surface area contributed by atoms with Crippen molar-refractivity contribution >= 4 is 11.0 Å². The number of hydrogen-bond donors (Lipinski definition) is 1. The summed E-state index contributed by atoms with van der Waals surface area (Å²) >= 11 is 0. The van der Waals surface area contributed by atoms with Gasteiger partial charge in [-0.1, -0.05) is 17.3 Å². The van der Waals surface area contributed by atoms with E-state index in [0.717, 1.165) is 5.56 Å². The lowest BCUT2D eigenvalue weighted by molar-refractivity contribution is 0.385. The largest absolute Gasteiger partial charge is 0.339 e. The van der Waals surface area contributed by atoms with Crippen LogP contribution in [0.5, 0.6) is 0 Å². The topological polar surface area (TPSA) is 93.8 Å². The average Bonchev–Trinajstić information content (AvgIpc) is 3.13. The van der Waals surface area contributed by atoms with Crippen LogP contribution in [0.3, 0.4) is 0 Å². The maximum absolute atomic E-state index is 13.0. The quantitative estimate of drug-likeness (QED) is 0.560. The molecule has 0 unspecified atom stereocenters. The van der Waals surface area contributed by atoms with Crippen molar-refractivity contribution in [3.63, 3.8) is 0 Å². The number of H-pyrrole nitrogens is 1. The predicted molar refractivity (Wildman–Crippen MR) is 97.0 cm³/mol. The van der Waals surface area contributed by atoms with Gasteiger partial charge in [0, 0.05) is 12.1 Å². The number of rotatable bonds is 4. The Bertz CT molecular complexity index is 1240. The smallest absolute Gasteiger partial charge is 0.316 e. The summed E-state index contributed by atoms with van der Waals surface area (Å²) < 4.78 is 19.7. The van der Waals surface area contributed by atoms with Gasteiger partial charge in [-0.2, -0.15) is 4.98 Å². The lowest BCUT2D eigenvalue weighted by Crippen LogP contribution is -2.35. The minimum absolute atomic E-state index is 0.305. The molecule has 0 aliphatic heterocycles. The summed E-state index contributed by atoms with van der Waals surface area (Å²) in [5.74, 6) is 0.452. The summed E-state index contributed by atoms with van der Waals surface area (Å²) in [5, 5.41) is 3.97. The molecule has 2 aromatic heterocycles. The second-order valence-electron chi connectivity index (χ2n) is 6.05. The van der Waals surface area contributed by atoms with Gasteiger partial charge < -0.3 is 14.1 Å². The van der Waals surface area contributed by atoms with Crippen LogP contribution in [0.15, 0.2) is 56.6 Å². The molecule has 0 saturated heterocycles. The van der Waals surface area contributed by atoms with Gasteiger partial charge in [-0.05, 0) is 42.8 Å². The summed E-state index contributed by atoms with van der Waals surface area (Å²) in [5.41, 5.74) is 1.38. The minimum atomic E-state index is -0.674. The fraction of sp³-hybridized carbons (Fsp3) is 0.158. The first-order chi connectivity index (χ1) is 13.0. The van der Waals surface area contributed by atoms with Crippen molar-refractivity contribution in [2.24, 2.45) is 0 Å². The van der Waals surface area contributed by atoms with E-state index in [-0.39, 0.29) is 5.82 Å². The highest BCUT2D eigenvalue weighted by Crippen LogP contribution is 2.21. The second-order valence-corrected chi connectivity index (χ2v) is 6.05. The molecule has 27 heavy (non-hydrogen) atoms. The number of fused-ring (bicyclic) bond motifs is 1. The van der Waals surface area contributed by atoms with E-state index < -0.39 is 11.1 Å². The zero-order chi connectivity index (χ0) is 19.0. The molecule has 2 aromatic carbocycles. The van der Waals surface area contributed by atoms with Crippen molar-refractivity contribution < 1.29 is 8.91 Å². The van der Waals surface area contributed by atoms with Gasteiger partial charge in [0.1, 0.15) is 5.82 Å². The highest BCUT2D eigenvalue weighted by Gasteiger charge is 2.12. The van der Waals surface area contributed by atoms with Crippen LogP contribution in [0.1, 0.15) is 18.4 Å².